The van der Waals surface area contributed by atoms with Gasteiger partial charge in [-0.2, -0.15) is 0 Å². The highest BCUT2D eigenvalue weighted by atomic mass is 35.5. The average Bonchev–Trinajstić information content (AvgIpc) is 2.29. The monoisotopic (exact) mass is 232 g/mol. The zero-order valence-corrected chi connectivity index (χ0v) is 8.94. The van der Waals surface area contributed by atoms with Crippen LogP contribution in [0.4, 0.5) is 5.69 Å². The Kier molecular flexibility index (Phi) is 2.88. The first-order chi connectivity index (χ1) is 7.70. The molecule has 0 unspecified atom stereocenters. The van der Waals surface area contributed by atoms with Crippen molar-refractivity contribution in [2.75, 3.05) is 0 Å². The van der Waals surface area contributed by atoms with E-state index in [-0.39, 0.29) is 5.69 Å². The smallest absolute Gasteiger partial charge is 0.258 e. The minimum absolute atomic E-state index is 0.0984. The van der Waals surface area contributed by atoms with E-state index >= 15 is 0 Å². The van der Waals surface area contributed by atoms with Gasteiger partial charge in [-0.3, -0.25) is 10.1 Å². The Morgan fingerprint density at radius 1 is 1.19 bits per heavy atom. The van der Waals surface area contributed by atoms with Crippen LogP contribution in [0.2, 0.25) is 5.02 Å². The molecule has 0 atom stereocenters. The molecule has 0 saturated carbocycles. The molecule has 2 rings (SSSR count). The van der Waals surface area contributed by atoms with Crippen molar-refractivity contribution < 1.29 is 4.92 Å². The van der Waals surface area contributed by atoms with Crippen molar-refractivity contribution in [2.45, 2.75) is 0 Å². The van der Waals surface area contributed by atoms with Crippen molar-refractivity contribution in [1.82, 2.24) is 0 Å². The molecule has 0 bridgehead atoms. The van der Waals surface area contributed by atoms with Crippen molar-refractivity contribution in [3.8, 4) is 11.1 Å². The van der Waals surface area contributed by atoms with Gasteiger partial charge in [-0.15, -0.1) is 0 Å². The van der Waals surface area contributed by atoms with Crippen molar-refractivity contribution in [1.29, 1.82) is 0 Å². The van der Waals surface area contributed by atoms with Gasteiger partial charge in [0.05, 0.1) is 21.6 Å². The van der Waals surface area contributed by atoms with Crippen molar-refractivity contribution in [3.63, 3.8) is 0 Å². The number of nitro groups is 1. The number of nitro benzene ring substituents is 1. The van der Waals surface area contributed by atoms with Gasteiger partial charge in [-0.05, 0) is 17.7 Å². The number of rotatable bonds is 2. The van der Waals surface area contributed by atoms with Crippen LogP contribution in [-0.2, 0) is 0 Å². The van der Waals surface area contributed by atoms with Crippen LogP contribution in [0.15, 0.2) is 42.5 Å². The molecular weight excluding hydrogens is 226 g/mol. The predicted octanol–water partition coefficient (Wildman–Crippen LogP) is 3.72. The van der Waals surface area contributed by atoms with Gasteiger partial charge in [0, 0.05) is 0 Å². The standard InChI is InChI=1S/C12H7ClNO2/c13-10-7-4-8-11(14(15)16)12(10)9-5-2-1-3-6-9/h1-7H. The lowest BCUT2D eigenvalue weighted by Crippen LogP contribution is -1.92. The molecule has 0 N–H and O–H groups in total. The predicted molar refractivity (Wildman–Crippen MR) is 62.4 cm³/mol. The number of halogens is 1. The molecule has 0 amide bonds. The summed E-state index contributed by atoms with van der Waals surface area (Å²) in [4.78, 5) is 10.4. The van der Waals surface area contributed by atoms with E-state index in [0.717, 1.165) is 5.56 Å². The Hall–Kier alpha value is -1.87. The minimum atomic E-state index is -0.478. The van der Waals surface area contributed by atoms with E-state index in [1.54, 1.807) is 18.2 Å². The second kappa shape index (κ2) is 4.33. The van der Waals surface area contributed by atoms with Gasteiger partial charge in [-0.25, -0.2) is 0 Å². The molecule has 16 heavy (non-hydrogen) atoms. The van der Waals surface area contributed by atoms with Crippen LogP contribution in [-0.4, -0.2) is 4.92 Å². The van der Waals surface area contributed by atoms with Gasteiger partial charge in [0.1, 0.15) is 0 Å². The lowest BCUT2D eigenvalue weighted by atomic mass is 10.0. The summed E-state index contributed by atoms with van der Waals surface area (Å²) in [5, 5.41) is 11.2. The molecule has 79 valence electrons. The summed E-state index contributed by atoms with van der Waals surface area (Å²) in [7, 11) is 0. The maximum Gasteiger partial charge on any atom is 0.286 e. The molecule has 0 aliphatic rings. The van der Waals surface area contributed by atoms with E-state index in [2.05, 4.69) is 6.07 Å². The first-order valence-electron chi connectivity index (χ1n) is 4.60. The lowest BCUT2D eigenvalue weighted by Gasteiger charge is -2.04. The number of benzene rings is 2. The normalized spacial score (nSPS) is 10.1. The molecule has 2 aromatic carbocycles. The van der Waals surface area contributed by atoms with Crippen LogP contribution in [0.5, 0.6) is 0 Å². The van der Waals surface area contributed by atoms with Crippen molar-refractivity contribution >= 4 is 17.3 Å². The van der Waals surface area contributed by atoms with Gasteiger partial charge in [-0.1, -0.05) is 41.9 Å². The Bertz CT molecular complexity index is 526. The van der Waals surface area contributed by atoms with E-state index in [1.807, 2.05) is 18.2 Å². The van der Waals surface area contributed by atoms with E-state index in [1.165, 1.54) is 6.07 Å². The molecule has 1 radical (unpaired) electrons. The molecule has 0 aliphatic carbocycles. The number of hydrogen-bond donors (Lipinski definition) is 0. The van der Waals surface area contributed by atoms with Gasteiger partial charge < -0.3 is 0 Å². The van der Waals surface area contributed by atoms with Crippen LogP contribution in [0.25, 0.3) is 11.1 Å². The second-order valence-corrected chi connectivity index (χ2v) is 3.58. The third-order valence-corrected chi connectivity index (χ3v) is 2.49. The molecule has 4 heteroatoms. The molecule has 0 heterocycles. The number of hydrogen-bond acceptors (Lipinski definition) is 2. The zero-order chi connectivity index (χ0) is 11.5. The third-order valence-electron chi connectivity index (χ3n) is 2.17. The van der Waals surface area contributed by atoms with Gasteiger partial charge in [0.25, 0.3) is 5.69 Å². The highest BCUT2D eigenvalue weighted by Gasteiger charge is 2.18. The van der Waals surface area contributed by atoms with Crippen LogP contribution < -0.4 is 0 Å². The quantitative estimate of drug-likeness (QED) is 0.585. The topological polar surface area (TPSA) is 43.1 Å². The summed E-state index contributed by atoms with van der Waals surface area (Å²) >= 11 is 5.98. The summed E-state index contributed by atoms with van der Waals surface area (Å²) < 4.78 is 0. The molecule has 0 spiro atoms. The summed E-state index contributed by atoms with van der Waals surface area (Å²) in [6.07, 6.45) is 0. The fourth-order valence-electron chi connectivity index (χ4n) is 1.49. The van der Waals surface area contributed by atoms with Crippen LogP contribution in [0, 0.1) is 16.2 Å². The molecule has 3 nitrogen and oxygen atoms in total. The SMILES string of the molecule is O=[N+]([O-])c1[c]ccc(Cl)c1-c1ccccc1. The molecule has 2 aromatic rings. The van der Waals surface area contributed by atoms with E-state index in [0.29, 0.717) is 10.6 Å². The summed E-state index contributed by atoms with van der Waals surface area (Å²) in [5.41, 5.74) is 1.03. The largest absolute Gasteiger partial charge is 0.286 e. The Morgan fingerprint density at radius 2 is 1.88 bits per heavy atom. The maximum atomic E-state index is 10.9. The van der Waals surface area contributed by atoms with Crippen LogP contribution in [0.1, 0.15) is 0 Å². The first kappa shape index (κ1) is 10.6. The Balaban J connectivity index is 2.68. The summed E-state index contributed by atoms with van der Waals surface area (Å²) in [6.45, 7) is 0. The van der Waals surface area contributed by atoms with Crippen LogP contribution in [0.3, 0.4) is 0 Å². The zero-order valence-electron chi connectivity index (χ0n) is 8.18. The van der Waals surface area contributed by atoms with E-state index in [4.69, 9.17) is 11.6 Å². The molecule has 0 aromatic heterocycles. The van der Waals surface area contributed by atoms with Gasteiger partial charge >= 0.3 is 0 Å². The van der Waals surface area contributed by atoms with E-state index < -0.39 is 4.92 Å². The molecule has 0 aliphatic heterocycles. The third kappa shape index (κ3) is 1.90. The lowest BCUT2D eigenvalue weighted by molar-refractivity contribution is -0.384. The highest BCUT2D eigenvalue weighted by Crippen LogP contribution is 2.35. The summed E-state index contributed by atoms with van der Waals surface area (Å²) in [5.74, 6) is 0. The van der Waals surface area contributed by atoms with Crippen molar-refractivity contribution in [2.24, 2.45) is 0 Å². The van der Waals surface area contributed by atoms with Gasteiger partial charge in [0.15, 0.2) is 0 Å². The van der Waals surface area contributed by atoms with Crippen LogP contribution >= 0.6 is 11.6 Å². The minimum Gasteiger partial charge on any atom is -0.258 e. The van der Waals surface area contributed by atoms with Gasteiger partial charge in [0.2, 0.25) is 0 Å². The second-order valence-electron chi connectivity index (χ2n) is 3.17. The highest BCUT2D eigenvalue weighted by molar-refractivity contribution is 6.33. The fourth-order valence-corrected chi connectivity index (χ4v) is 1.75. The Labute approximate surface area is 97.4 Å². The number of nitrogens with zero attached hydrogens (tertiary/aromatic N) is 1. The first-order valence-corrected chi connectivity index (χ1v) is 4.98. The molecule has 0 saturated heterocycles. The molecule has 0 fully saturated rings. The maximum absolute atomic E-state index is 10.9. The Morgan fingerprint density at radius 3 is 2.50 bits per heavy atom. The fraction of sp³-hybridized carbons (Fsp3) is 0. The molecular formula is C12H7ClNO2. The van der Waals surface area contributed by atoms with E-state index in [9.17, 15) is 10.1 Å². The summed E-state index contributed by atoms with van der Waals surface area (Å²) in [6, 6.07) is 14.7. The van der Waals surface area contributed by atoms with Crippen molar-refractivity contribution in [3.05, 3.63) is 63.7 Å². The average molecular weight is 233 g/mol.